The van der Waals surface area contributed by atoms with Crippen LogP contribution in [0.2, 0.25) is 10.0 Å². The summed E-state index contributed by atoms with van der Waals surface area (Å²) < 4.78 is 0. The number of likely N-dealkylation sites (N-methyl/N-ethyl adjacent to an activating group) is 1. The monoisotopic (exact) mass is 316 g/mol. The van der Waals surface area contributed by atoms with E-state index in [9.17, 15) is 9.59 Å². The summed E-state index contributed by atoms with van der Waals surface area (Å²) in [7, 11) is 1.54. The van der Waals surface area contributed by atoms with Crippen LogP contribution in [0.5, 0.6) is 0 Å². The van der Waals surface area contributed by atoms with Gasteiger partial charge in [0.1, 0.15) is 6.04 Å². The zero-order valence-electron chi connectivity index (χ0n) is 11.7. The third kappa shape index (κ3) is 3.87. The minimum Gasteiger partial charge on any atom is -0.357 e. The van der Waals surface area contributed by atoms with Crippen molar-refractivity contribution in [1.29, 1.82) is 0 Å². The Kier molecular flexibility index (Phi) is 6.30. The van der Waals surface area contributed by atoms with Crippen molar-refractivity contribution in [2.75, 3.05) is 7.05 Å². The molecule has 0 saturated heterocycles. The average Bonchev–Trinajstić information content (AvgIpc) is 2.44. The maximum atomic E-state index is 12.1. The molecule has 0 aliphatic heterocycles. The molecule has 1 rings (SSSR count). The normalized spacial score (nSPS) is 11.8. The fraction of sp³-hybridized carbons (Fsp3) is 0.429. The highest BCUT2D eigenvalue weighted by Gasteiger charge is 2.25. The molecule has 20 heavy (non-hydrogen) atoms. The molecule has 4 nitrogen and oxygen atoms in total. The van der Waals surface area contributed by atoms with Crippen LogP contribution in [0.3, 0.4) is 0 Å². The maximum Gasteiger partial charge on any atom is 0.242 e. The lowest BCUT2D eigenvalue weighted by Gasteiger charge is -2.28. The number of rotatable bonds is 5. The van der Waals surface area contributed by atoms with E-state index in [4.69, 9.17) is 23.2 Å². The summed E-state index contributed by atoms with van der Waals surface area (Å²) in [6.45, 7) is 3.64. The van der Waals surface area contributed by atoms with E-state index in [0.29, 0.717) is 22.0 Å². The first-order chi connectivity index (χ1) is 9.42. The SMILES string of the molecule is CCC(=O)N(Cc1c(Cl)cccc1Cl)[C@H](C)C(=O)NC. The summed E-state index contributed by atoms with van der Waals surface area (Å²) in [5.74, 6) is -0.355. The van der Waals surface area contributed by atoms with Crippen LogP contribution < -0.4 is 5.32 Å². The Bertz CT molecular complexity index is 486. The lowest BCUT2D eigenvalue weighted by Crippen LogP contribution is -2.46. The summed E-state index contributed by atoms with van der Waals surface area (Å²) in [6.07, 6.45) is 0.309. The lowest BCUT2D eigenvalue weighted by atomic mass is 10.1. The zero-order chi connectivity index (χ0) is 15.3. The van der Waals surface area contributed by atoms with Crippen molar-refractivity contribution in [3.8, 4) is 0 Å². The predicted molar refractivity (Wildman–Crippen MR) is 80.8 cm³/mol. The van der Waals surface area contributed by atoms with Crippen molar-refractivity contribution >= 4 is 35.0 Å². The van der Waals surface area contributed by atoms with Gasteiger partial charge in [0.15, 0.2) is 0 Å². The molecule has 2 amide bonds. The van der Waals surface area contributed by atoms with E-state index in [-0.39, 0.29) is 18.4 Å². The van der Waals surface area contributed by atoms with E-state index in [1.807, 2.05) is 0 Å². The second kappa shape index (κ2) is 7.50. The molecule has 0 aliphatic carbocycles. The minimum atomic E-state index is -0.584. The third-order valence-electron chi connectivity index (χ3n) is 3.11. The van der Waals surface area contributed by atoms with Crippen LogP contribution in [-0.4, -0.2) is 29.8 Å². The minimum absolute atomic E-state index is 0.128. The largest absolute Gasteiger partial charge is 0.357 e. The molecule has 0 spiro atoms. The number of carbonyl (C=O) groups excluding carboxylic acids is 2. The Balaban J connectivity index is 3.07. The van der Waals surface area contributed by atoms with Crippen molar-refractivity contribution in [2.24, 2.45) is 0 Å². The highest BCUT2D eigenvalue weighted by Crippen LogP contribution is 2.26. The second-order valence-corrected chi connectivity index (χ2v) is 5.18. The highest BCUT2D eigenvalue weighted by molar-refractivity contribution is 6.36. The van der Waals surface area contributed by atoms with Gasteiger partial charge in [-0.3, -0.25) is 9.59 Å². The Hall–Kier alpha value is -1.26. The number of nitrogens with one attached hydrogen (secondary N) is 1. The lowest BCUT2D eigenvalue weighted by molar-refractivity contribution is -0.140. The van der Waals surface area contributed by atoms with E-state index >= 15 is 0 Å². The number of hydrogen-bond acceptors (Lipinski definition) is 2. The number of nitrogens with zero attached hydrogens (tertiary/aromatic N) is 1. The second-order valence-electron chi connectivity index (χ2n) is 4.37. The molecule has 0 aliphatic rings. The van der Waals surface area contributed by atoms with Crippen LogP contribution in [0, 0.1) is 0 Å². The standard InChI is InChI=1S/C14H18Cl2N2O2/c1-4-13(19)18(9(2)14(20)17-3)8-10-11(15)6-5-7-12(10)16/h5-7,9H,4,8H2,1-3H3,(H,17,20)/t9-/m1/s1. The van der Waals surface area contributed by atoms with Gasteiger partial charge >= 0.3 is 0 Å². The van der Waals surface area contributed by atoms with Gasteiger partial charge in [-0.15, -0.1) is 0 Å². The molecule has 0 unspecified atom stereocenters. The molecule has 6 heteroatoms. The van der Waals surface area contributed by atoms with Gasteiger partial charge in [0.25, 0.3) is 0 Å². The van der Waals surface area contributed by atoms with Crippen LogP contribution in [0.1, 0.15) is 25.8 Å². The molecular weight excluding hydrogens is 299 g/mol. The van der Waals surface area contributed by atoms with Gasteiger partial charge < -0.3 is 10.2 Å². The Labute approximate surface area is 129 Å². The molecule has 0 heterocycles. The molecule has 1 atom stereocenters. The Morgan fingerprint density at radius 3 is 2.30 bits per heavy atom. The summed E-state index contributed by atoms with van der Waals surface area (Å²) >= 11 is 12.2. The molecule has 0 radical (unpaired) electrons. The number of halogens is 2. The number of hydrogen-bond donors (Lipinski definition) is 1. The first kappa shape index (κ1) is 16.8. The highest BCUT2D eigenvalue weighted by atomic mass is 35.5. The van der Waals surface area contributed by atoms with Crippen molar-refractivity contribution in [3.63, 3.8) is 0 Å². The molecular formula is C14H18Cl2N2O2. The molecule has 0 aromatic heterocycles. The number of benzene rings is 1. The van der Waals surface area contributed by atoms with Crippen molar-refractivity contribution in [1.82, 2.24) is 10.2 Å². The molecule has 0 bridgehead atoms. The average molecular weight is 317 g/mol. The number of carbonyl (C=O) groups is 2. The molecule has 0 saturated carbocycles. The van der Waals surface area contributed by atoms with Crippen LogP contribution in [-0.2, 0) is 16.1 Å². The van der Waals surface area contributed by atoms with Crippen molar-refractivity contribution in [2.45, 2.75) is 32.9 Å². The van der Waals surface area contributed by atoms with Crippen LogP contribution in [0.25, 0.3) is 0 Å². The van der Waals surface area contributed by atoms with Gasteiger partial charge in [0, 0.05) is 35.6 Å². The molecule has 110 valence electrons. The molecule has 0 fully saturated rings. The van der Waals surface area contributed by atoms with Crippen molar-refractivity contribution < 1.29 is 9.59 Å². The van der Waals surface area contributed by atoms with Crippen LogP contribution >= 0.6 is 23.2 Å². The van der Waals surface area contributed by atoms with Gasteiger partial charge in [-0.05, 0) is 19.1 Å². The third-order valence-corrected chi connectivity index (χ3v) is 3.81. The summed E-state index contributed by atoms with van der Waals surface area (Å²) in [4.78, 5) is 25.3. The summed E-state index contributed by atoms with van der Waals surface area (Å²) in [6, 6.07) is 4.58. The molecule has 1 aromatic rings. The summed E-state index contributed by atoms with van der Waals surface area (Å²) in [5, 5.41) is 3.50. The van der Waals surface area contributed by atoms with Gasteiger partial charge in [-0.25, -0.2) is 0 Å². The van der Waals surface area contributed by atoms with E-state index in [1.54, 1.807) is 32.0 Å². The van der Waals surface area contributed by atoms with Crippen molar-refractivity contribution in [3.05, 3.63) is 33.8 Å². The van der Waals surface area contributed by atoms with Gasteiger partial charge in [0.05, 0.1) is 0 Å². The Morgan fingerprint density at radius 2 is 1.85 bits per heavy atom. The fourth-order valence-corrected chi connectivity index (χ4v) is 2.37. The van der Waals surface area contributed by atoms with E-state index in [0.717, 1.165) is 0 Å². The Morgan fingerprint density at radius 1 is 1.30 bits per heavy atom. The smallest absolute Gasteiger partial charge is 0.242 e. The quantitative estimate of drug-likeness (QED) is 0.908. The predicted octanol–water partition coefficient (Wildman–Crippen LogP) is 2.87. The maximum absolute atomic E-state index is 12.1. The van der Waals surface area contributed by atoms with E-state index in [2.05, 4.69) is 5.32 Å². The van der Waals surface area contributed by atoms with Crippen LogP contribution in [0.4, 0.5) is 0 Å². The molecule has 1 aromatic carbocycles. The van der Waals surface area contributed by atoms with E-state index < -0.39 is 6.04 Å². The topological polar surface area (TPSA) is 49.4 Å². The van der Waals surface area contributed by atoms with Crippen LogP contribution in [0.15, 0.2) is 18.2 Å². The first-order valence-corrected chi connectivity index (χ1v) is 7.11. The fourth-order valence-electron chi connectivity index (χ4n) is 1.85. The zero-order valence-corrected chi connectivity index (χ0v) is 13.3. The molecule has 1 N–H and O–H groups in total. The summed E-state index contributed by atoms with van der Waals surface area (Å²) in [5.41, 5.74) is 0.647. The van der Waals surface area contributed by atoms with Gasteiger partial charge in [-0.2, -0.15) is 0 Å². The van der Waals surface area contributed by atoms with E-state index in [1.165, 1.54) is 11.9 Å². The number of amides is 2. The van der Waals surface area contributed by atoms with Gasteiger partial charge in [-0.1, -0.05) is 36.2 Å². The van der Waals surface area contributed by atoms with Gasteiger partial charge in [0.2, 0.25) is 11.8 Å². The first-order valence-electron chi connectivity index (χ1n) is 6.36.